The fraction of sp³-hybridized carbons (Fsp3) is 0.478. The predicted octanol–water partition coefficient (Wildman–Crippen LogP) is 4.29. The van der Waals surface area contributed by atoms with Crippen molar-refractivity contribution in [2.45, 2.75) is 45.3 Å². The molecule has 0 saturated carbocycles. The Labute approximate surface area is 180 Å². The molecule has 2 heterocycles. The number of aromatic nitrogens is 1. The Bertz CT molecular complexity index is 863. The zero-order valence-electron chi connectivity index (χ0n) is 17.8. The maximum absolute atomic E-state index is 13.4. The molecule has 1 N–H and O–H groups in total. The SMILES string of the molecule is C[C@H](CN1CCC(C(C)(F)F)CC1)NC(=O)c1ccc(OCc2cccc(F)c2)nc1. The first-order valence-corrected chi connectivity index (χ1v) is 10.4. The van der Waals surface area contributed by atoms with Crippen LogP contribution in [0.1, 0.15) is 42.6 Å². The Hall–Kier alpha value is -2.61. The number of pyridine rings is 1. The Balaban J connectivity index is 1.43. The van der Waals surface area contributed by atoms with E-state index >= 15 is 0 Å². The van der Waals surface area contributed by atoms with Crippen LogP contribution in [0.5, 0.6) is 5.88 Å². The minimum absolute atomic E-state index is 0.130. The van der Waals surface area contributed by atoms with Gasteiger partial charge in [0.2, 0.25) is 11.8 Å². The third-order valence-electron chi connectivity index (χ3n) is 5.49. The zero-order chi connectivity index (χ0) is 22.4. The molecule has 0 unspecified atom stereocenters. The van der Waals surface area contributed by atoms with Gasteiger partial charge in [0.25, 0.3) is 5.91 Å². The maximum Gasteiger partial charge on any atom is 0.253 e. The lowest BCUT2D eigenvalue weighted by Crippen LogP contribution is -2.46. The second-order valence-corrected chi connectivity index (χ2v) is 8.21. The summed E-state index contributed by atoms with van der Waals surface area (Å²) in [5.41, 5.74) is 1.08. The van der Waals surface area contributed by atoms with E-state index in [1.807, 2.05) is 6.92 Å². The van der Waals surface area contributed by atoms with Crippen molar-refractivity contribution in [3.8, 4) is 5.88 Å². The topological polar surface area (TPSA) is 54.5 Å². The fourth-order valence-corrected chi connectivity index (χ4v) is 3.75. The molecule has 1 fully saturated rings. The van der Waals surface area contributed by atoms with Crippen LogP contribution in [0.25, 0.3) is 0 Å². The molecule has 3 rings (SSSR count). The molecule has 1 atom stereocenters. The Morgan fingerprint density at radius 2 is 2.03 bits per heavy atom. The average molecular weight is 435 g/mol. The minimum atomic E-state index is -2.63. The minimum Gasteiger partial charge on any atom is -0.473 e. The van der Waals surface area contributed by atoms with Crippen molar-refractivity contribution < 1.29 is 22.7 Å². The lowest BCUT2D eigenvalue weighted by molar-refractivity contribution is -0.0622. The second-order valence-electron chi connectivity index (χ2n) is 8.21. The predicted molar refractivity (Wildman–Crippen MR) is 112 cm³/mol. The Morgan fingerprint density at radius 3 is 2.65 bits per heavy atom. The summed E-state index contributed by atoms with van der Waals surface area (Å²) in [4.78, 5) is 18.7. The highest BCUT2D eigenvalue weighted by atomic mass is 19.3. The van der Waals surface area contributed by atoms with Gasteiger partial charge < -0.3 is 15.0 Å². The summed E-state index contributed by atoms with van der Waals surface area (Å²) in [7, 11) is 0. The third-order valence-corrected chi connectivity index (χ3v) is 5.49. The summed E-state index contributed by atoms with van der Waals surface area (Å²) >= 11 is 0. The maximum atomic E-state index is 13.4. The van der Waals surface area contributed by atoms with Gasteiger partial charge in [-0.15, -0.1) is 0 Å². The van der Waals surface area contributed by atoms with Gasteiger partial charge in [0.15, 0.2) is 0 Å². The van der Waals surface area contributed by atoms with Gasteiger partial charge in [0.05, 0.1) is 5.56 Å². The molecule has 1 aliphatic heterocycles. The van der Waals surface area contributed by atoms with Gasteiger partial charge in [-0.3, -0.25) is 4.79 Å². The first-order chi connectivity index (χ1) is 14.7. The summed E-state index contributed by atoms with van der Waals surface area (Å²) in [6.07, 6.45) is 2.36. The first-order valence-electron chi connectivity index (χ1n) is 10.4. The van der Waals surface area contributed by atoms with Crippen molar-refractivity contribution in [2.24, 2.45) is 5.92 Å². The molecule has 1 aromatic carbocycles. The molecule has 0 bridgehead atoms. The van der Waals surface area contributed by atoms with Crippen LogP contribution in [-0.4, -0.2) is 47.4 Å². The van der Waals surface area contributed by atoms with E-state index < -0.39 is 11.8 Å². The van der Waals surface area contributed by atoms with E-state index in [4.69, 9.17) is 4.74 Å². The monoisotopic (exact) mass is 435 g/mol. The van der Waals surface area contributed by atoms with Crippen LogP contribution in [0, 0.1) is 11.7 Å². The highest BCUT2D eigenvalue weighted by Crippen LogP contribution is 2.32. The van der Waals surface area contributed by atoms with Crippen LogP contribution < -0.4 is 10.1 Å². The second kappa shape index (κ2) is 10.1. The molecule has 0 spiro atoms. The molecular formula is C23H28F3N3O2. The number of benzene rings is 1. The summed E-state index contributed by atoms with van der Waals surface area (Å²) < 4.78 is 45.6. The number of amides is 1. The number of nitrogens with zero attached hydrogens (tertiary/aromatic N) is 2. The number of hydrogen-bond donors (Lipinski definition) is 1. The van der Waals surface area contributed by atoms with Gasteiger partial charge in [-0.1, -0.05) is 12.1 Å². The standard InChI is InChI=1S/C23H28F3N3O2/c1-16(14-29-10-8-19(9-11-29)23(2,25)26)28-22(30)18-6-7-21(27-13-18)31-15-17-4-3-5-20(24)12-17/h3-7,12-13,16,19H,8-11,14-15H2,1-2H3,(H,28,30)/t16-/m1/s1. The largest absolute Gasteiger partial charge is 0.473 e. The van der Waals surface area contributed by atoms with Crippen molar-refractivity contribution in [2.75, 3.05) is 19.6 Å². The molecule has 1 amide bonds. The molecule has 1 aromatic heterocycles. The van der Waals surface area contributed by atoms with Gasteiger partial charge in [0.1, 0.15) is 12.4 Å². The molecule has 0 radical (unpaired) electrons. The van der Waals surface area contributed by atoms with Crippen molar-refractivity contribution in [1.82, 2.24) is 15.2 Å². The number of likely N-dealkylation sites (tertiary alicyclic amines) is 1. The van der Waals surface area contributed by atoms with E-state index in [1.165, 1.54) is 18.3 Å². The number of nitrogens with one attached hydrogen (secondary N) is 1. The van der Waals surface area contributed by atoms with E-state index in [-0.39, 0.29) is 24.4 Å². The van der Waals surface area contributed by atoms with E-state index in [2.05, 4.69) is 15.2 Å². The van der Waals surface area contributed by atoms with Crippen molar-refractivity contribution >= 4 is 5.91 Å². The molecule has 31 heavy (non-hydrogen) atoms. The molecule has 1 aliphatic rings. The van der Waals surface area contributed by atoms with E-state index in [0.717, 1.165) is 6.92 Å². The summed E-state index contributed by atoms with van der Waals surface area (Å²) in [5, 5.41) is 2.92. The number of alkyl halides is 2. The average Bonchev–Trinajstić information content (AvgIpc) is 2.72. The number of ether oxygens (including phenoxy) is 1. The smallest absolute Gasteiger partial charge is 0.253 e. The summed E-state index contributed by atoms with van der Waals surface area (Å²) in [6.45, 7) is 4.87. The highest BCUT2D eigenvalue weighted by Gasteiger charge is 2.36. The number of halogens is 3. The number of piperidine rings is 1. The number of hydrogen-bond acceptors (Lipinski definition) is 4. The van der Waals surface area contributed by atoms with Crippen LogP contribution in [0.3, 0.4) is 0 Å². The fourth-order valence-electron chi connectivity index (χ4n) is 3.75. The molecular weight excluding hydrogens is 407 g/mol. The van der Waals surface area contributed by atoms with Gasteiger partial charge >= 0.3 is 0 Å². The lowest BCUT2D eigenvalue weighted by Gasteiger charge is -2.35. The van der Waals surface area contributed by atoms with Gasteiger partial charge in [0, 0.05) is 30.8 Å². The molecule has 168 valence electrons. The van der Waals surface area contributed by atoms with Crippen LogP contribution in [0.4, 0.5) is 13.2 Å². The molecule has 5 nitrogen and oxygen atoms in total. The van der Waals surface area contributed by atoms with Crippen molar-refractivity contribution in [1.29, 1.82) is 0 Å². The number of rotatable bonds is 8. The van der Waals surface area contributed by atoms with Crippen LogP contribution in [0.15, 0.2) is 42.6 Å². The van der Waals surface area contributed by atoms with Crippen LogP contribution in [0.2, 0.25) is 0 Å². The van der Waals surface area contributed by atoms with Crippen LogP contribution >= 0.6 is 0 Å². The summed E-state index contributed by atoms with van der Waals surface area (Å²) in [5.74, 6) is -3.45. The van der Waals surface area contributed by atoms with Crippen LogP contribution in [-0.2, 0) is 6.61 Å². The number of carbonyl (C=O) groups excluding carboxylic acids is 1. The lowest BCUT2D eigenvalue weighted by atomic mass is 9.91. The van der Waals surface area contributed by atoms with Crippen molar-refractivity contribution in [3.05, 3.63) is 59.5 Å². The normalized spacial score (nSPS) is 16.7. The van der Waals surface area contributed by atoms with Crippen molar-refractivity contribution in [3.63, 3.8) is 0 Å². The first kappa shape index (κ1) is 23.1. The third kappa shape index (κ3) is 6.95. The molecule has 8 heteroatoms. The van der Waals surface area contributed by atoms with E-state index in [1.54, 1.807) is 24.3 Å². The quantitative estimate of drug-likeness (QED) is 0.672. The molecule has 1 saturated heterocycles. The Kier molecular flexibility index (Phi) is 7.54. The molecule has 0 aliphatic carbocycles. The van der Waals surface area contributed by atoms with Gasteiger partial charge in [-0.2, -0.15) is 0 Å². The van der Waals surface area contributed by atoms with Gasteiger partial charge in [-0.05, 0) is 63.5 Å². The Morgan fingerprint density at radius 1 is 1.29 bits per heavy atom. The van der Waals surface area contributed by atoms with E-state index in [0.29, 0.717) is 49.5 Å². The number of carbonyl (C=O) groups is 1. The summed E-state index contributed by atoms with van der Waals surface area (Å²) in [6, 6.07) is 9.19. The highest BCUT2D eigenvalue weighted by molar-refractivity contribution is 5.94. The van der Waals surface area contributed by atoms with Gasteiger partial charge in [-0.25, -0.2) is 18.2 Å². The van der Waals surface area contributed by atoms with E-state index in [9.17, 15) is 18.0 Å². The molecule has 2 aromatic rings. The zero-order valence-corrected chi connectivity index (χ0v) is 17.8.